The Kier molecular flexibility index (Phi) is 3.90. The van der Waals surface area contributed by atoms with Crippen molar-refractivity contribution in [2.24, 2.45) is 7.05 Å². The molecule has 2 N–H and O–H groups in total. The van der Waals surface area contributed by atoms with Crippen LogP contribution in [0.5, 0.6) is 0 Å². The third-order valence-electron chi connectivity index (χ3n) is 2.41. The van der Waals surface area contributed by atoms with Crippen LogP contribution >= 0.6 is 0 Å². The highest BCUT2D eigenvalue weighted by atomic mass is 16.4. The number of carbonyl (C=O) groups is 2. The van der Waals surface area contributed by atoms with Gasteiger partial charge in [-0.2, -0.15) is 5.10 Å². The van der Waals surface area contributed by atoms with Gasteiger partial charge in [0, 0.05) is 37.1 Å². The van der Waals surface area contributed by atoms with Gasteiger partial charge in [-0.25, -0.2) is 4.79 Å². The molecule has 0 aromatic carbocycles. The number of nitrogens with zero attached hydrogens (tertiary/aromatic N) is 3. The number of nitrogens with one attached hydrogen (secondary N) is 1. The number of carbonyl (C=O) groups excluding carboxylic acids is 1. The predicted octanol–water partition coefficient (Wildman–Crippen LogP) is 1.17. The van der Waals surface area contributed by atoms with Crippen LogP contribution in [-0.4, -0.2) is 31.7 Å². The zero-order chi connectivity index (χ0) is 14.5. The fourth-order valence-electron chi connectivity index (χ4n) is 1.56. The second kappa shape index (κ2) is 5.79. The molecule has 0 radical (unpaired) electrons. The van der Waals surface area contributed by atoms with Crippen molar-refractivity contribution in [1.82, 2.24) is 14.8 Å². The number of carboxylic acids is 1. The minimum Gasteiger partial charge on any atom is -0.478 e. The Labute approximate surface area is 114 Å². The van der Waals surface area contributed by atoms with E-state index >= 15 is 0 Å². The van der Waals surface area contributed by atoms with E-state index in [4.69, 9.17) is 5.11 Å². The lowest BCUT2D eigenvalue weighted by molar-refractivity contribution is -0.131. The number of hydrogen-bond acceptors (Lipinski definition) is 4. The Morgan fingerprint density at radius 3 is 2.85 bits per heavy atom. The van der Waals surface area contributed by atoms with Gasteiger partial charge in [0.2, 0.25) is 0 Å². The highest BCUT2D eigenvalue weighted by Gasteiger charge is 2.12. The van der Waals surface area contributed by atoms with Crippen LogP contribution in [0.25, 0.3) is 6.08 Å². The van der Waals surface area contributed by atoms with Gasteiger partial charge in [-0.1, -0.05) is 6.07 Å². The molecule has 2 heterocycles. The fraction of sp³-hybridized carbons (Fsp3) is 0.0769. The van der Waals surface area contributed by atoms with Crippen LogP contribution in [0.3, 0.4) is 0 Å². The number of aryl methyl sites for hydroxylation is 1. The van der Waals surface area contributed by atoms with Gasteiger partial charge in [-0.15, -0.1) is 0 Å². The maximum atomic E-state index is 12.1. The van der Waals surface area contributed by atoms with E-state index in [1.165, 1.54) is 12.3 Å². The number of pyridine rings is 1. The van der Waals surface area contributed by atoms with Gasteiger partial charge >= 0.3 is 5.97 Å². The standard InChI is InChI=1S/C13H12N4O3/c1-17-8-6-10(16-17)15-13(20)12-9(3-2-7-14-12)4-5-11(18)19/h2-8H,1H3,(H,18,19)(H,15,16,20)/b5-4+. The van der Waals surface area contributed by atoms with Crippen molar-refractivity contribution in [3.05, 3.63) is 47.9 Å². The predicted molar refractivity (Wildman–Crippen MR) is 72.1 cm³/mol. The lowest BCUT2D eigenvalue weighted by Gasteiger charge is -2.04. The number of hydrogen-bond donors (Lipinski definition) is 2. The zero-order valence-corrected chi connectivity index (χ0v) is 10.6. The summed E-state index contributed by atoms with van der Waals surface area (Å²) in [6.07, 6.45) is 5.43. The third-order valence-corrected chi connectivity index (χ3v) is 2.41. The number of aromatic nitrogens is 3. The maximum Gasteiger partial charge on any atom is 0.328 e. The van der Waals surface area contributed by atoms with E-state index < -0.39 is 11.9 Å². The van der Waals surface area contributed by atoms with E-state index in [-0.39, 0.29) is 5.69 Å². The molecule has 7 nitrogen and oxygen atoms in total. The van der Waals surface area contributed by atoms with E-state index in [0.29, 0.717) is 11.4 Å². The summed E-state index contributed by atoms with van der Waals surface area (Å²) in [6.45, 7) is 0. The zero-order valence-electron chi connectivity index (χ0n) is 10.6. The Bertz CT molecular complexity index is 676. The first-order valence-electron chi connectivity index (χ1n) is 5.73. The highest BCUT2D eigenvalue weighted by Crippen LogP contribution is 2.10. The summed E-state index contributed by atoms with van der Waals surface area (Å²) in [7, 11) is 1.73. The molecule has 2 aromatic heterocycles. The SMILES string of the molecule is Cn1ccc(NC(=O)c2ncccc2/C=C/C(=O)O)n1. The van der Waals surface area contributed by atoms with Crippen LogP contribution in [-0.2, 0) is 11.8 Å². The van der Waals surface area contributed by atoms with E-state index in [1.54, 1.807) is 36.1 Å². The molecule has 0 aliphatic carbocycles. The first-order chi connectivity index (χ1) is 9.56. The number of carboxylic acid groups (broad SMARTS) is 1. The van der Waals surface area contributed by atoms with Crippen LogP contribution in [0.1, 0.15) is 16.1 Å². The summed E-state index contributed by atoms with van der Waals surface area (Å²) in [5.41, 5.74) is 0.555. The Hall–Kier alpha value is -2.96. The van der Waals surface area contributed by atoms with Crippen LogP contribution in [0, 0.1) is 0 Å². The van der Waals surface area contributed by atoms with Gasteiger partial charge < -0.3 is 10.4 Å². The second-order valence-electron chi connectivity index (χ2n) is 3.94. The smallest absolute Gasteiger partial charge is 0.328 e. The first-order valence-corrected chi connectivity index (χ1v) is 5.73. The van der Waals surface area contributed by atoms with Gasteiger partial charge in [0.15, 0.2) is 5.82 Å². The minimum atomic E-state index is -1.09. The van der Waals surface area contributed by atoms with Crippen molar-refractivity contribution in [1.29, 1.82) is 0 Å². The molecule has 0 unspecified atom stereocenters. The van der Waals surface area contributed by atoms with Crippen LogP contribution in [0.2, 0.25) is 0 Å². The molecular formula is C13H12N4O3. The Morgan fingerprint density at radius 1 is 1.40 bits per heavy atom. The molecule has 0 bridgehead atoms. The maximum absolute atomic E-state index is 12.1. The topological polar surface area (TPSA) is 97.1 Å². The van der Waals surface area contributed by atoms with Crippen LogP contribution in [0.4, 0.5) is 5.82 Å². The molecular weight excluding hydrogens is 260 g/mol. The molecule has 102 valence electrons. The van der Waals surface area contributed by atoms with E-state index in [1.807, 2.05) is 0 Å². The lowest BCUT2D eigenvalue weighted by atomic mass is 10.1. The van der Waals surface area contributed by atoms with Gasteiger partial charge in [0.25, 0.3) is 5.91 Å². The number of aliphatic carboxylic acids is 1. The summed E-state index contributed by atoms with van der Waals surface area (Å²) in [6, 6.07) is 4.88. The van der Waals surface area contributed by atoms with E-state index in [2.05, 4.69) is 15.4 Å². The number of anilines is 1. The Morgan fingerprint density at radius 2 is 2.20 bits per heavy atom. The largest absolute Gasteiger partial charge is 0.478 e. The highest BCUT2D eigenvalue weighted by molar-refractivity contribution is 6.05. The van der Waals surface area contributed by atoms with Gasteiger partial charge in [-0.05, 0) is 12.1 Å². The summed E-state index contributed by atoms with van der Waals surface area (Å²) >= 11 is 0. The molecule has 0 spiro atoms. The summed E-state index contributed by atoms with van der Waals surface area (Å²) in [5, 5.41) is 15.2. The molecule has 2 aromatic rings. The molecule has 0 saturated carbocycles. The van der Waals surface area contributed by atoms with Crippen molar-refractivity contribution >= 4 is 23.8 Å². The van der Waals surface area contributed by atoms with Crippen molar-refractivity contribution in [2.75, 3.05) is 5.32 Å². The van der Waals surface area contributed by atoms with Crippen LogP contribution < -0.4 is 5.32 Å². The summed E-state index contributed by atoms with van der Waals surface area (Å²) in [5.74, 6) is -1.14. The van der Waals surface area contributed by atoms with Gasteiger partial charge in [0.05, 0.1) is 0 Å². The molecule has 2 rings (SSSR count). The third kappa shape index (κ3) is 3.29. The number of rotatable bonds is 4. The first kappa shape index (κ1) is 13.5. The fourth-order valence-corrected chi connectivity index (χ4v) is 1.56. The Balaban J connectivity index is 2.23. The second-order valence-corrected chi connectivity index (χ2v) is 3.94. The van der Waals surface area contributed by atoms with E-state index in [0.717, 1.165) is 6.08 Å². The number of amides is 1. The molecule has 20 heavy (non-hydrogen) atoms. The summed E-state index contributed by atoms with van der Waals surface area (Å²) < 4.78 is 1.55. The normalized spacial score (nSPS) is 10.7. The van der Waals surface area contributed by atoms with Crippen molar-refractivity contribution in [2.45, 2.75) is 0 Å². The molecule has 0 fully saturated rings. The van der Waals surface area contributed by atoms with Crippen LogP contribution in [0.15, 0.2) is 36.7 Å². The van der Waals surface area contributed by atoms with Crippen molar-refractivity contribution in [3.63, 3.8) is 0 Å². The van der Waals surface area contributed by atoms with E-state index in [9.17, 15) is 9.59 Å². The summed E-state index contributed by atoms with van der Waals surface area (Å²) in [4.78, 5) is 26.6. The molecule has 0 saturated heterocycles. The lowest BCUT2D eigenvalue weighted by Crippen LogP contribution is -2.15. The molecule has 0 atom stereocenters. The minimum absolute atomic E-state index is 0.135. The average Bonchev–Trinajstić information content (AvgIpc) is 2.82. The van der Waals surface area contributed by atoms with Gasteiger partial charge in [0.1, 0.15) is 5.69 Å². The van der Waals surface area contributed by atoms with Gasteiger partial charge in [-0.3, -0.25) is 14.5 Å². The average molecular weight is 272 g/mol. The molecule has 0 aliphatic rings. The van der Waals surface area contributed by atoms with Crippen molar-refractivity contribution < 1.29 is 14.7 Å². The molecule has 7 heteroatoms. The quantitative estimate of drug-likeness (QED) is 0.814. The molecule has 1 amide bonds. The molecule has 0 aliphatic heterocycles. The monoisotopic (exact) mass is 272 g/mol. The van der Waals surface area contributed by atoms with Crippen molar-refractivity contribution in [3.8, 4) is 0 Å².